The van der Waals surface area contributed by atoms with Crippen LogP contribution in [0.25, 0.3) is 11.4 Å². The van der Waals surface area contributed by atoms with Crippen LogP contribution >= 0.6 is 11.8 Å². The molecule has 27 heavy (non-hydrogen) atoms. The Kier molecular flexibility index (Phi) is 5.97. The van der Waals surface area contributed by atoms with Gasteiger partial charge in [0.15, 0.2) is 6.61 Å². The molecule has 0 N–H and O–H groups in total. The Hall–Kier alpha value is -3.00. The third-order valence-electron chi connectivity index (χ3n) is 3.77. The van der Waals surface area contributed by atoms with Gasteiger partial charge >= 0.3 is 5.97 Å². The normalized spacial score (nSPS) is 10.5. The zero-order valence-electron chi connectivity index (χ0n) is 15.1. The van der Waals surface area contributed by atoms with Crippen LogP contribution in [0.2, 0.25) is 0 Å². The fourth-order valence-electron chi connectivity index (χ4n) is 2.34. The summed E-state index contributed by atoms with van der Waals surface area (Å²) >= 11 is 1.60. The van der Waals surface area contributed by atoms with Gasteiger partial charge in [-0.25, -0.2) is 4.79 Å². The maximum atomic E-state index is 12.1. The molecule has 1 aromatic heterocycles. The van der Waals surface area contributed by atoms with E-state index in [2.05, 4.69) is 10.1 Å². The molecule has 0 aliphatic carbocycles. The molecule has 0 unspecified atom stereocenters. The van der Waals surface area contributed by atoms with E-state index in [9.17, 15) is 4.79 Å². The smallest absolute Gasteiger partial charge is 0.338 e. The molecule has 3 rings (SSSR count). The van der Waals surface area contributed by atoms with Gasteiger partial charge in [0, 0.05) is 11.0 Å². The van der Waals surface area contributed by atoms with Gasteiger partial charge in [0.2, 0.25) is 5.82 Å². The molecule has 0 spiro atoms. The Morgan fingerprint density at radius 1 is 1.11 bits per heavy atom. The quantitative estimate of drug-likeness (QED) is 0.447. The van der Waals surface area contributed by atoms with Gasteiger partial charge in [0.25, 0.3) is 5.89 Å². The lowest BCUT2D eigenvalue weighted by molar-refractivity contribution is 0.0429. The van der Waals surface area contributed by atoms with Crippen molar-refractivity contribution in [1.29, 1.82) is 0 Å². The molecular formula is C19H18N2O5S. The number of hydrogen-bond donors (Lipinski definition) is 0. The van der Waals surface area contributed by atoms with Gasteiger partial charge in [-0.2, -0.15) is 4.98 Å². The molecule has 8 heteroatoms. The number of rotatable bonds is 7. The molecule has 0 aliphatic rings. The van der Waals surface area contributed by atoms with Crippen molar-refractivity contribution in [1.82, 2.24) is 10.1 Å². The van der Waals surface area contributed by atoms with E-state index in [0.29, 0.717) is 28.5 Å². The monoisotopic (exact) mass is 386 g/mol. The summed E-state index contributed by atoms with van der Waals surface area (Å²) in [5.74, 6) is 1.28. The highest BCUT2D eigenvalue weighted by Gasteiger charge is 2.16. The lowest BCUT2D eigenvalue weighted by atomic mass is 10.2. The third-order valence-corrected chi connectivity index (χ3v) is 4.51. The third kappa shape index (κ3) is 4.40. The van der Waals surface area contributed by atoms with Crippen molar-refractivity contribution >= 4 is 17.7 Å². The van der Waals surface area contributed by atoms with Crippen LogP contribution in [-0.4, -0.2) is 36.6 Å². The summed E-state index contributed by atoms with van der Waals surface area (Å²) < 4.78 is 20.9. The highest BCUT2D eigenvalue weighted by Crippen LogP contribution is 2.31. The number of aromatic nitrogens is 2. The molecule has 1 heterocycles. The fourth-order valence-corrected chi connectivity index (χ4v) is 2.75. The zero-order valence-corrected chi connectivity index (χ0v) is 15.9. The van der Waals surface area contributed by atoms with Crippen LogP contribution in [0, 0.1) is 0 Å². The van der Waals surface area contributed by atoms with Crippen LogP contribution in [0.15, 0.2) is 51.9 Å². The molecule has 0 saturated heterocycles. The highest BCUT2D eigenvalue weighted by molar-refractivity contribution is 7.98. The minimum absolute atomic E-state index is 0.116. The van der Waals surface area contributed by atoms with Crippen LogP contribution in [0.4, 0.5) is 0 Å². The minimum atomic E-state index is -0.454. The molecule has 3 aromatic rings. The predicted molar refractivity (Wildman–Crippen MR) is 100 cm³/mol. The second-order valence-corrected chi connectivity index (χ2v) is 6.26. The molecule has 7 nitrogen and oxygen atoms in total. The number of carbonyl (C=O) groups excluding carboxylic acids is 1. The van der Waals surface area contributed by atoms with Crippen molar-refractivity contribution in [2.75, 3.05) is 20.5 Å². The number of nitrogens with zero attached hydrogens (tertiary/aromatic N) is 2. The standard InChI is InChI=1S/C19H18N2O5S/c1-23-13-6-9-15(16(10-13)24-2)18-20-17(26-21-18)11-25-19(22)12-4-7-14(27-3)8-5-12/h4-10H,11H2,1-3H3. The van der Waals surface area contributed by atoms with Crippen molar-refractivity contribution in [3.63, 3.8) is 0 Å². The van der Waals surface area contributed by atoms with E-state index in [1.807, 2.05) is 18.4 Å². The average Bonchev–Trinajstić information content (AvgIpc) is 3.20. The summed E-state index contributed by atoms with van der Waals surface area (Å²) in [6, 6.07) is 12.4. The molecule has 140 valence electrons. The number of benzene rings is 2. The second kappa shape index (κ2) is 8.59. The number of ether oxygens (including phenoxy) is 3. The molecule has 0 atom stereocenters. The van der Waals surface area contributed by atoms with Gasteiger partial charge in [0.05, 0.1) is 25.3 Å². The Balaban J connectivity index is 1.68. The van der Waals surface area contributed by atoms with Crippen LogP contribution in [0.1, 0.15) is 16.2 Å². The van der Waals surface area contributed by atoms with E-state index >= 15 is 0 Å². The van der Waals surface area contributed by atoms with Crippen LogP contribution < -0.4 is 9.47 Å². The van der Waals surface area contributed by atoms with E-state index in [-0.39, 0.29) is 12.5 Å². The van der Waals surface area contributed by atoms with Gasteiger partial charge in [-0.1, -0.05) is 5.16 Å². The van der Waals surface area contributed by atoms with Crippen molar-refractivity contribution in [2.24, 2.45) is 0 Å². The summed E-state index contributed by atoms with van der Waals surface area (Å²) in [5, 5.41) is 3.92. The maximum absolute atomic E-state index is 12.1. The van der Waals surface area contributed by atoms with Gasteiger partial charge in [-0.3, -0.25) is 0 Å². The van der Waals surface area contributed by atoms with Gasteiger partial charge in [0.1, 0.15) is 11.5 Å². The topological polar surface area (TPSA) is 83.7 Å². The molecule has 0 fully saturated rings. The van der Waals surface area contributed by atoms with Crippen molar-refractivity contribution in [3.8, 4) is 22.9 Å². The summed E-state index contributed by atoms with van der Waals surface area (Å²) in [5.41, 5.74) is 1.11. The maximum Gasteiger partial charge on any atom is 0.338 e. The molecular weight excluding hydrogens is 368 g/mol. The summed E-state index contributed by atoms with van der Waals surface area (Å²) in [6.07, 6.45) is 1.97. The first-order chi connectivity index (χ1) is 13.1. The number of esters is 1. The lowest BCUT2D eigenvalue weighted by Gasteiger charge is -2.07. The number of hydrogen-bond acceptors (Lipinski definition) is 8. The van der Waals surface area contributed by atoms with Crippen LogP contribution in [0.3, 0.4) is 0 Å². The van der Waals surface area contributed by atoms with Gasteiger partial charge in [-0.05, 0) is 42.7 Å². The summed E-state index contributed by atoms with van der Waals surface area (Å²) in [7, 11) is 3.12. The van der Waals surface area contributed by atoms with E-state index in [0.717, 1.165) is 4.90 Å². The van der Waals surface area contributed by atoms with Crippen molar-refractivity contribution in [2.45, 2.75) is 11.5 Å². The van der Waals surface area contributed by atoms with E-state index in [1.54, 1.807) is 56.3 Å². The molecule has 0 saturated carbocycles. The van der Waals surface area contributed by atoms with E-state index in [4.69, 9.17) is 18.7 Å². The Labute approximate surface area is 160 Å². The zero-order chi connectivity index (χ0) is 19.2. The Morgan fingerprint density at radius 3 is 2.56 bits per heavy atom. The number of methoxy groups -OCH3 is 2. The number of thioether (sulfide) groups is 1. The number of carbonyl (C=O) groups is 1. The van der Waals surface area contributed by atoms with E-state index < -0.39 is 5.97 Å². The van der Waals surface area contributed by atoms with Crippen molar-refractivity contribution in [3.05, 3.63) is 53.9 Å². The lowest BCUT2D eigenvalue weighted by Crippen LogP contribution is -2.05. The first-order valence-electron chi connectivity index (χ1n) is 8.00. The van der Waals surface area contributed by atoms with Crippen LogP contribution in [0.5, 0.6) is 11.5 Å². The van der Waals surface area contributed by atoms with Gasteiger partial charge < -0.3 is 18.7 Å². The van der Waals surface area contributed by atoms with E-state index in [1.165, 1.54) is 0 Å². The molecule has 0 radical (unpaired) electrons. The SMILES string of the molecule is COc1ccc(-c2noc(COC(=O)c3ccc(SC)cc3)n2)c(OC)c1. The largest absolute Gasteiger partial charge is 0.497 e. The molecule has 0 bridgehead atoms. The molecule has 0 aliphatic heterocycles. The summed E-state index contributed by atoms with van der Waals surface area (Å²) in [6.45, 7) is -0.116. The molecule has 0 amide bonds. The second-order valence-electron chi connectivity index (χ2n) is 5.38. The Morgan fingerprint density at radius 2 is 1.89 bits per heavy atom. The predicted octanol–water partition coefficient (Wildman–Crippen LogP) is 3.83. The van der Waals surface area contributed by atoms with Crippen LogP contribution in [-0.2, 0) is 11.3 Å². The Bertz CT molecular complexity index is 924. The average molecular weight is 386 g/mol. The fraction of sp³-hybridized carbons (Fsp3) is 0.211. The highest BCUT2D eigenvalue weighted by atomic mass is 32.2. The first kappa shape index (κ1) is 18.8. The van der Waals surface area contributed by atoms with Crippen molar-refractivity contribution < 1.29 is 23.5 Å². The minimum Gasteiger partial charge on any atom is -0.497 e. The first-order valence-corrected chi connectivity index (χ1v) is 9.23. The molecule has 2 aromatic carbocycles. The summed E-state index contributed by atoms with van der Waals surface area (Å²) in [4.78, 5) is 17.4. The van der Waals surface area contributed by atoms with Gasteiger partial charge in [-0.15, -0.1) is 11.8 Å².